The summed E-state index contributed by atoms with van der Waals surface area (Å²) in [6, 6.07) is 11.4. The van der Waals surface area contributed by atoms with Gasteiger partial charge in [0.15, 0.2) is 5.41 Å². The molecule has 2 aliphatic rings. The highest BCUT2D eigenvalue weighted by Gasteiger charge is 2.54. The third-order valence-corrected chi connectivity index (χ3v) is 5.89. The Morgan fingerprint density at radius 2 is 1.88 bits per heavy atom. The molecule has 26 heavy (non-hydrogen) atoms. The van der Waals surface area contributed by atoms with E-state index in [1.807, 2.05) is 13.1 Å². The number of fused-ring (bicyclic) bond motifs is 1. The molecule has 2 N–H and O–H groups in total. The zero-order chi connectivity index (χ0) is 19.1. The standard InChI is InChI=1S/C19H15Cl2N5/c1-26-5-4-12-13(7-22)18(25)19(9-23,10-24)17(14(12)8-26)11-2-3-15(20)16(21)6-11/h2-4,6,14,17H,5,8,25H2,1H3/t14-,17-/m1/s1. The van der Waals surface area contributed by atoms with E-state index in [4.69, 9.17) is 28.9 Å². The van der Waals surface area contributed by atoms with Crippen molar-refractivity contribution in [3.8, 4) is 18.2 Å². The zero-order valence-corrected chi connectivity index (χ0v) is 15.5. The second-order valence-electron chi connectivity index (χ2n) is 6.57. The highest BCUT2D eigenvalue weighted by Crippen LogP contribution is 2.54. The highest BCUT2D eigenvalue weighted by molar-refractivity contribution is 6.42. The number of benzene rings is 1. The number of hydrogen-bond acceptors (Lipinski definition) is 5. The molecule has 0 spiro atoms. The van der Waals surface area contributed by atoms with E-state index in [0.717, 1.165) is 5.57 Å². The van der Waals surface area contributed by atoms with Crippen molar-refractivity contribution in [1.82, 2.24) is 4.90 Å². The van der Waals surface area contributed by atoms with Gasteiger partial charge in [0.25, 0.3) is 0 Å². The minimum atomic E-state index is -1.65. The van der Waals surface area contributed by atoms with Gasteiger partial charge in [-0.05, 0) is 30.3 Å². The summed E-state index contributed by atoms with van der Waals surface area (Å²) in [6.45, 7) is 1.27. The molecule has 0 aromatic heterocycles. The SMILES string of the molecule is CN1CC=C2C(C#N)=C(N)C(C#N)(C#N)[C@H](c3ccc(Cl)c(Cl)c3)[C@@H]2C1. The minimum Gasteiger partial charge on any atom is -0.399 e. The number of nitrogens with two attached hydrogens (primary N) is 1. The van der Waals surface area contributed by atoms with E-state index >= 15 is 0 Å². The Hall–Kier alpha value is -2.49. The molecule has 0 bridgehead atoms. The predicted molar refractivity (Wildman–Crippen MR) is 98.8 cm³/mol. The molecule has 0 fully saturated rings. The minimum absolute atomic E-state index is 0.00752. The largest absolute Gasteiger partial charge is 0.399 e. The molecule has 1 aromatic rings. The van der Waals surface area contributed by atoms with Crippen LogP contribution in [0, 0.1) is 45.3 Å². The fourth-order valence-electron chi connectivity index (χ4n) is 3.91. The van der Waals surface area contributed by atoms with Crippen LogP contribution >= 0.6 is 23.2 Å². The number of hydrogen-bond donors (Lipinski definition) is 1. The van der Waals surface area contributed by atoms with Crippen LogP contribution in [0.5, 0.6) is 0 Å². The Morgan fingerprint density at radius 1 is 1.19 bits per heavy atom. The van der Waals surface area contributed by atoms with E-state index in [1.54, 1.807) is 18.2 Å². The normalized spacial score (nSPS) is 24.7. The zero-order valence-electron chi connectivity index (χ0n) is 14.0. The van der Waals surface area contributed by atoms with E-state index in [-0.39, 0.29) is 17.2 Å². The molecule has 0 unspecified atom stereocenters. The van der Waals surface area contributed by atoms with E-state index < -0.39 is 11.3 Å². The molecule has 0 amide bonds. The average molecular weight is 384 g/mol. The first-order valence-electron chi connectivity index (χ1n) is 7.96. The first-order valence-corrected chi connectivity index (χ1v) is 8.72. The molecule has 1 aliphatic heterocycles. The van der Waals surface area contributed by atoms with Crippen molar-refractivity contribution in [2.75, 3.05) is 20.1 Å². The summed E-state index contributed by atoms with van der Waals surface area (Å²) in [5, 5.41) is 30.3. The second kappa shape index (κ2) is 6.67. The van der Waals surface area contributed by atoms with Crippen molar-refractivity contribution >= 4 is 23.2 Å². The topological polar surface area (TPSA) is 101 Å². The summed E-state index contributed by atoms with van der Waals surface area (Å²) in [4.78, 5) is 2.08. The number of allylic oxidation sites excluding steroid dienone is 2. The summed E-state index contributed by atoms with van der Waals surface area (Å²) in [6.07, 6.45) is 1.95. The quantitative estimate of drug-likeness (QED) is 0.800. The molecule has 7 heteroatoms. The number of nitrogens with zero attached hydrogens (tertiary/aromatic N) is 4. The molecule has 1 aliphatic carbocycles. The molecule has 3 rings (SSSR count). The lowest BCUT2D eigenvalue weighted by atomic mass is 9.58. The van der Waals surface area contributed by atoms with Crippen molar-refractivity contribution < 1.29 is 0 Å². The van der Waals surface area contributed by atoms with Crippen LogP contribution in [0.2, 0.25) is 10.0 Å². The molecule has 1 aromatic carbocycles. The average Bonchev–Trinajstić information content (AvgIpc) is 2.63. The van der Waals surface area contributed by atoms with Gasteiger partial charge in [0.05, 0.1) is 33.5 Å². The third-order valence-electron chi connectivity index (χ3n) is 5.15. The summed E-state index contributed by atoms with van der Waals surface area (Å²) >= 11 is 12.2. The molecule has 5 nitrogen and oxygen atoms in total. The molecular weight excluding hydrogens is 369 g/mol. The Morgan fingerprint density at radius 3 is 2.46 bits per heavy atom. The van der Waals surface area contributed by atoms with Gasteiger partial charge >= 0.3 is 0 Å². The Bertz CT molecular complexity index is 944. The fourth-order valence-corrected chi connectivity index (χ4v) is 4.21. The molecule has 0 saturated heterocycles. The maximum absolute atomic E-state index is 9.95. The van der Waals surface area contributed by atoms with Crippen LogP contribution in [0.4, 0.5) is 0 Å². The van der Waals surface area contributed by atoms with Gasteiger partial charge < -0.3 is 10.6 Å². The van der Waals surface area contributed by atoms with Crippen LogP contribution < -0.4 is 5.73 Å². The molecular formula is C19H15Cl2N5. The lowest BCUT2D eigenvalue weighted by Gasteiger charge is -2.45. The first kappa shape index (κ1) is 18.3. The maximum Gasteiger partial charge on any atom is 0.191 e. The number of likely N-dealkylation sites (N-methyl/N-ethyl adjacent to an activating group) is 1. The van der Waals surface area contributed by atoms with Gasteiger partial charge in [-0.25, -0.2) is 0 Å². The molecule has 1 heterocycles. The van der Waals surface area contributed by atoms with Crippen LogP contribution in [0.25, 0.3) is 0 Å². The Labute approximate surface area is 162 Å². The van der Waals surface area contributed by atoms with E-state index in [1.165, 1.54) is 0 Å². The monoisotopic (exact) mass is 383 g/mol. The predicted octanol–water partition coefficient (Wildman–Crippen LogP) is 3.35. The van der Waals surface area contributed by atoms with Crippen molar-refractivity contribution in [3.05, 3.63) is 56.7 Å². The van der Waals surface area contributed by atoms with Gasteiger partial charge in [-0.3, -0.25) is 0 Å². The van der Waals surface area contributed by atoms with Crippen LogP contribution in [0.3, 0.4) is 0 Å². The van der Waals surface area contributed by atoms with Gasteiger partial charge in [0.1, 0.15) is 6.07 Å². The molecule has 0 saturated carbocycles. The first-order chi connectivity index (χ1) is 12.4. The van der Waals surface area contributed by atoms with Gasteiger partial charge in [0, 0.05) is 24.9 Å². The van der Waals surface area contributed by atoms with Crippen molar-refractivity contribution in [3.63, 3.8) is 0 Å². The molecule has 130 valence electrons. The Kier molecular flexibility index (Phi) is 4.70. The van der Waals surface area contributed by atoms with Crippen molar-refractivity contribution in [2.45, 2.75) is 5.92 Å². The van der Waals surface area contributed by atoms with Crippen molar-refractivity contribution in [2.24, 2.45) is 17.1 Å². The van der Waals surface area contributed by atoms with Crippen LogP contribution in [0.1, 0.15) is 11.5 Å². The number of nitriles is 3. The van der Waals surface area contributed by atoms with Crippen LogP contribution in [-0.2, 0) is 0 Å². The number of halogens is 2. The highest BCUT2D eigenvalue weighted by atomic mass is 35.5. The van der Waals surface area contributed by atoms with E-state index in [9.17, 15) is 15.8 Å². The summed E-state index contributed by atoms with van der Waals surface area (Å²) in [5.74, 6) is -0.786. The second-order valence-corrected chi connectivity index (χ2v) is 7.38. The van der Waals surface area contributed by atoms with Crippen LogP contribution in [0.15, 0.2) is 41.1 Å². The third kappa shape index (κ3) is 2.56. The maximum atomic E-state index is 9.95. The van der Waals surface area contributed by atoms with Gasteiger partial charge in [-0.15, -0.1) is 0 Å². The summed E-state index contributed by atoms with van der Waals surface area (Å²) in [7, 11) is 1.95. The molecule has 0 radical (unpaired) electrons. The smallest absolute Gasteiger partial charge is 0.191 e. The lowest BCUT2D eigenvalue weighted by Crippen LogP contribution is -2.47. The van der Waals surface area contributed by atoms with Crippen LogP contribution in [-0.4, -0.2) is 25.0 Å². The van der Waals surface area contributed by atoms with Crippen molar-refractivity contribution in [1.29, 1.82) is 15.8 Å². The summed E-state index contributed by atoms with van der Waals surface area (Å²) in [5.41, 5.74) is 6.32. The van der Waals surface area contributed by atoms with E-state index in [0.29, 0.717) is 28.7 Å². The van der Waals surface area contributed by atoms with Gasteiger partial charge in [-0.1, -0.05) is 35.3 Å². The van der Waals surface area contributed by atoms with Gasteiger partial charge in [0.2, 0.25) is 0 Å². The summed E-state index contributed by atoms with van der Waals surface area (Å²) < 4.78 is 0. The fraction of sp³-hybridized carbons (Fsp3) is 0.316. The molecule has 2 atom stereocenters. The van der Waals surface area contributed by atoms with Gasteiger partial charge in [-0.2, -0.15) is 15.8 Å². The van der Waals surface area contributed by atoms with E-state index in [2.05, 4.69) is 23.1 Å². The number of rotatable bonds is 1. The lowest BCUT2D eigenvalue weighted by molar-refractivity contribution is 0.237. The Balaban J connectivity index is 2.34.